The number of hydrogen-bond acceptors (Lipinski definition) is 3. The van der Waals surface area contributed by atoms with E-state index >= 15 is 0 Å². The number of hydrogen-bond donors (Lipinski definition) is 1. The molecule has 1 saturated heterocycles. The van der Waals surface area contributed by atoms with Crippen LogP contribution in [0.2, 0.25) is 0 Å². The molecule has 2 aromatic rings. The Balaban J connectivity index is 1.82. The number of likely N-dealkylation sites (tertiary alicyclic amines) is 1. The van der Waals surface area contributed by atoms with Crippen LogP contribution in [-0.4, -0.2) is 33.4 Å². The zero-order valence-electron chi connectivity index (χ0n) is 12.4. The Hall–Kier alpha value is -1.39. The van der Waals surface area contributed by atoms with E-state index in [4.69, 9.17) is 5.73 Å². The van der Waals surface area contributed by atoms with Crippen molar-refractivity contribution in [3.05, 3.63) is 35.9 Å². The van der Waals surface area contributed by atoms with Crippen LogP contribution in [0, 0.1) is 5.92 Å². The molecular weight excluding hydrogens is 248 g/mol. The Morgan fingerprint density at radius 3 is 2.95 bits per heavy atom. The van der Waals surface area contributed by atoms with Gasteiger partial charge in [-0.25, -0.2) is 4.98 Å². The molecule has 20 heavy (non-hydrogen) atoms. The second-order valence-electron chi connectivity index (χ2n) is 6.10. The van der Waals surface area contributed by atoms with Gasteiger partial charge in [0.25, 0.3) is 0 Å². The molecule has 0 aromatic carbocycles. The molecule has 0 radical (unpaired) electrons. The van der Waals surface area contributed by atoms with Crippen molar-refractivity contribution in [2.45, 2.75) is 39.3 Å². The third-order valence-electron chi connectivity index (χ3n) is 4.43. The number of fused-ring (bicyclic) bond motifs is 1. The Morgan fingerprint density at radius 1 is 1.40 bits per heavy atom. The number of imidazole rings is 1. The fourth-order valence-electron chi connectivity index (χ4n) is 3.25. The number of rotatable bonds is 4. The second kappa shape index (κ2) is 5.54. The molecule has 4 heteroatoms. The van der Waals surface area contributed by atoms with Crippen LogP contribution >= 0.6 is 0 Å². The van der Waals surface area contributed by atoms with Gasteiger partial charge in [-0.15, -0.1) is 0 Å². The molecule has 2 aromatic heterocycles. The SMILES string of the molecule is CC(C)N1CCC(Cc2ncc3cccc(CN)n23)C1. The van der Waals surface area contributed by atoms with Gasteiger partial charge in [0.1, 0.15) is 5.82 Å². The topological polar surface area (TPSA) is 46.6 Å². The van der Waals surface area contributed by atoms with Gasteiger partial charge < -0.3 is 10.6 Å². The summed E-state index contributed by atoms with van der Waals surface area (Å²) in [6.07, 6.45) is 4.29. The van der Waals surface area contributed by atoms with Crippen LogP contribution in [0.15, 0.2) is 24.4 Å². The minimum absolute atomic E-state index is 0.559. The predicted octanol–water partition coefficient (Wildman–Crippen LogP) is 2.07. The van der Waals surface area contributed by atoms with Crippen LogP contribution in [0.5, 0.6) is 0 Å². The lowest BCUT2D eigenvalue weighted by Gasteiger charge is -2.20. The smallest absolute Gasteiger partial charge is 0.113 e. The molecular formula is C16H24N4. The normalized spacial score (nSPS) is 20.3. The molecule has 3 heterocycles. The van der Waals surface area contributed by atoms with Crippen LogP contribution in [-0.2, 0) is 13.0 Å². The number of pyridine rings is 1. The van der Waals surface area contributed by atoms with Crippen LogP contribution in [0.4, 0.5) is 0 Å². The Labute approximate surface area is 120 Å². The lowest BCUT2D eigenvalue weighted by molar-refractivity contribution is 0.264. The molecule has 0 saturated carbocycles. The van der Waals surface area contributed by atoms with Crippen LogP contribution in [0.1, 0.15) is 31.8 Å². The third-order valence-corrected chi connectivity index (χ3v) is 4.43. The summed E-state index contributed by atoms with van der Waals surface area (Å²) in [5.41, 5.74) is 8.16. The zero-order chi connectivity index (χ0) is 14.1. The van der Waals surface area contributed by atoms with Gasteiger partial charge in [0, 0.05) is 31.2 Å². The predicted molar refractivity (Wildman–Crippen MR) is 81.6 cm³/mol. The van der Waals surface area contributed by atoms with Gasteiger partial charge >= 0.3 is 0 Å². The number of nitrogens with two attached hydrogens (primary N) is 1. The largest absolute Gasteiger partial charge is 0.325 e. The van der Waals surface area contributed by atoms with E-state index in [9.17, 15) is 0 Å². The first kappa shape index (κ1) is 13.6. The maximum absolute atomic E-state index is 5.86. The Morgan fingerprint density at radius 2 is 2.25 bits per heavy atom. The molecule has 0 spiro atoms. The summed E-state index contributed by atoms with van der Waals surface area (Å²) in [6, 6.07) is 6.90. The molecule has 0 aliphatic carbocycles. The first-order valence-corrected chi connectivity index (χ1v) is 7.57. The molecule has 4 nitrogen and oxygen atoms in total. The molecule has 1 aliphatic heterocycles. The van der Waals surface area contributed by atoms with Gasteiger partial charge in [0.15, 0.2) is 0 Å². The van der Waals surface area contributed by atoms with E-state index in [0.29, 0.717) is 18.5 Å². The first-order valence-electron chi connectivity index (χ1n) is 7.57. The lowest BCUT2D eigenvalue weighted by atomic mass is 10.0. The van der Waals surface area contributed by atoms with Gasteiger partial charge in [0.05, 0.1) is 11.7 Å². The average Bonchev–Trinajstić information content (AvgIpc) is 3.06. The number of nitrogens with zero attached hydrogens (tertiary/aromatic N) is 3. The standard InChI is InChI=1S/C16H24N4/c1-12(2)19-7-6-13(11-19)8-16-18-10-15-5-3-4-14(9-17)20(15)16/h3-5,10,12-13H,6-9,11,17H2,1-2H3. The maximum atomic E-state index is 5.86. The fraction of sp³-hybridized carbons (Fsp3) is 0.562. The van der Waals surface area contributed by atoms with Crippen molar-refractivity contribution in [2.24, 2.45) is 11.7 Å². The van der Waals surface area contributed by atoms with E-state index in [1.807, 2.05) is 6.20 Å². The van der Waals surface area contributed by atoms with Crippen molar-refractivity contribution in [3.8, 4) is 0 Å². The molecule has 1 unspecified atom stereocenters. The van der Waals surface area contributed by atoms with E-state index in [2.05, 4.69) is 46.3 Å². The summed E-state index contributed by atoms with van der Waals surface area (Å²) in [6.45, 7) is 7.52. The van der Waals surface area contributed by atoms with E-state index in [0.717, 1.165) is 23.5 Å². The van der Waals surface area contributed by atoms with Gasteiger partial charge in [-0.2, -0.15) is 0 Å². The quantitative estimate of drug-likeness (QED) is 0.927. The van der Waals surface area contributed by atoms with Gasteiger partial charge in [-0.3, -0.25) is 4.40 Å². The summed E-state index contributed by atoms with van der Waals surface area (Å²) < 4.78 is 2.23. The van der Waals surface area contributed by atoms with Crippen molar-refractivity contribution in [1.29, 1.82) is 0 Å². The summed E-state index contributed by atoms with van der Waals surface area (Å²) in [5.74, 6) is 1.88. The minimum Gasteiger partial charge on any atom is -0.325 e. The van der Waals surface area contributed by atoms with Crippen molar-refractivity contribution in [2.75, 3.05) is 13.1 Å². The van der Waals surface area contributed by atoms with Gasteiger partial charge in [0.2, 0.25) is 0 Å². The summed E-state index contributed by atoms with van der Waals surface area (Å²) in [4.78, 5) is 7.19. The summed E-state index contributed by atoms with van der Waals surface area (Å²) in [5, 5.41) is 0. The monoisotopic (exact) mass is 272 g/mol. The van der Waals surface area contributed by atoms with E-state index in [-0.39, 0.29) is 0 Å². The third kappa shape index (κ3) is 2.45. The van der Waals surface area contributed by atoms with E-state index in [1.165, 1.54) is 19.5 Å². The van der Waals surface area contributed by atoms with E-state index < -0.39 is 0 Å². The fourth-order valence-corrected chi connectivity index (χ4v) is 3.25. The molecule has 1 aliphatic rings. The minimum atomic E-state index is 0.559. The van der Waals surface area contributed by atoms with Crippen LogP contribution in [0.25, 0.3) is 5.52 Å². The molecule has 0 amide bonds. The second-order valence-corrected chi connectivity index (χ2v) is 6.10. The van der Waals surface area contributed by atoms with Crippen molar-refractivity contribution < 1.29 is 0 Å². The lowest BCUT2D eigenvalue weighted by Crippen LogP contribution is -2.28. The molecule has 3 rings (SSSR count). The summed E-state index contributed by atoms with van der Waals surface area (Å²) in [7, 11) is 0. The zero-order valence-corrected chi connectivity index (χ0v) is 12.4. The van der Waals surface area contributed by atoms with E-state index in [1.54, 1.807) is 0 Å². The van der Waals surface area contributed by atoms with Crippen molar-refractivity contribution in [3.63, 3.8) is 0 Å². The Bertz CT molecular complexity index is 587. The van der Waals surface area contributed by atoms with Crippen LogP contribution in [0.3, 0.4) is 0 Å². The number of aromatic nitrogens is 2. The highest BCUT2D eigenvalue weighted by Gasteiger charge is 2.25. The molecule has 1 fully saturated rings. The van der Waals surface area contributed by atoms with Crippen LogP contribution < -0.4 is 5.73 Å². The summed E-state index contributed by atoms with van der Waals surface area (Å²) >= 11 is 0. The Kier molecular flexibility index (Phi) is 3.76. The first-order chi connectivity index (χ1) is 9.69. The maximum Gasteiger partial charge on any atom is 0.113 e. The average molecular weight is 272 g/mol. The van der Waals surface area contributed by atoms with Gasteiger partial charge in [-0.1, -0.05) is 6.07 Å². The highest BCUT2D eigenvalue weighted by atomic mass is 15.2. The molecule has 0 bridgehead atoms. The highest BCUT2D eigenvalue weighted by Crippen LogP contribution is 2.23. The van der Waals surface area contributed by atoms with Gasteiger partial charge in [-0.05, 0) is 44.9 Å². The molecule has 2 N–H and O–H groups in total. The van der Waals surface area contributed by atoms with Crippen molar-refractivity contribution in [1.82, 2.24) is 14.3 Å². The van der Waals surface area contributed by atoms with Crippen molar-refractivity contribution >= 4 is 5.52 Å². The molecule has 1 atom stereocenters. The molecule has 108 valence electrons. The highest BCUT2D eigenvalue weighted by molar-refractivity contribution is 5.47.